The maximum absolute atomic E-state index is 12.1. The number of ether oxygens (including phenoxy) is 2. The Balaban J connectivity index is 0.000000146. The second kappa shape index (κ2) is 28.7. The molecule has 0 saturated carbocycles. The first-order chi connectivity index (χ1) is 41.6. The Morgan fingerprint density at radius 1 is 0.647 bits per heavy atom. The predicted molar refractivity (Wildman–Crippen MR) is 331 cm³/mol. The lowest BCUT2D eigenvalue weighted by Crippen LogP contribution is -2.43. The monoisotopic (exact) mass is 1200 g/mol. The van der Waals surface area contributed by atoms with E-state index >= 15 is 0 Å². The summed E-state index contributed by atoms with van der Waals surface area (Å²) in [5.41, 5.74) is 8.18. The molecule has 1 fully saturated rings. The van der Waals surface area contributed by atoms with Gasteiger partial charge in [-0.15, -0.1) is 34.0 Å². The van der Waals surface area contributed by atoms with Crippen LogP contribution in [0.25, 0.3) is 41.2 Å². The van der Waals surface area contributed by atoms with Gasteiger partial charge in [0.1, 0.15) is 33.5 Å². The third-order valence-electron chi connectivity index (χ3n) is 13.3. The van der Waals surface area contributed by atoms with Gasteiger partial charge in [-0.1, -0.05) is 72.3 Å². The van der Waals surface area contributed by atoms with E-state index in [4.69, 9.17) is 21.1 Å². The highest BCUT2D eigenvalue weighted by atomic mass is 35.5. The Kier molecular flexibility index (Phi) is 19.8. The molecule has 23 heteroatoms. The standard InChI is InChI=1S/C26H26N6OS.C22H17ClN6OS.C14H10N4OS/c1-31-12-14-32(15-13-31)17-19-6-8-20(9-7-19)18-33-26-28-16-21(22(30-26)10-11-27)25-29-23-4-2-3-5-24(23)34-25;23-15-7-5-14(6-8-15)20(30)25-11-12-27-22-26-10-9-17(29-22)16(13-24)21-28-18-3-1-2-4-19(18)31-21;1-19-14-16-7-6-10(18-14)9(8-15)13-17-11-4-2-3-5-12(11)20-13/h2-9,16H,10,12-15,17-18H2,1H3;1-10,16H,11-12H2,(H,25,30)(H,26,27,29);2-7,9H,1H3. The van der Waals surface area contributed by atoms with Gasteiger partial charge < -0.3 is 25.0 Å². The number of thiazole rings is 3. The van der Waals surface area contributed by atoms with Gasteiger partial charge >= 0.3 is 12.0 Å². The zero-order valence-electron chi connectivity index (χ0n) is 46.0. The SMILES string of the molecule is CN1CCN(Cc2ccc(COc3ncc(-c4nc5ccccc5s4)c(CC#N)n3)cc2)CC1.COc1nccc(C(C#N)c2nc3ccccc3s2)n1.N#CC(c1ccnc(NCCNC(=O)c2ccc(Cl)cc2)n1)c1nc2ccccc2s1. The number of carbonyl (C=O) groups excluding carboxylic acids is 1. The molecule has 1 saturated heterocycles. The smallest absolute Gasteiger partial charge is 0.316 e. The lowest BCUT2D eigenvalue weighted by atomic mass is 10.1. The van der Waals surface area contributed by atoms with Gasteiger partial charge in [-0.3, -0.25) is 9.69 Å². The third-order valence-corrected chi connectivity index (χ3v) is 16.8. The van der Waals surface area contributed by atoms with Crippen LogP contribution in [0.15, 0.2) is 152 Å². The summed E-state index contributed by atoms with van der Waals surface area (Å²) in [6.45, 7) is 6.63. The number of hydrogen-bond acceptors (Lipinski definition) is 21. The summed E-state index contributed by atoms with van der Waals surface area (Å²) in [5.74, 6) is -0.886. The molecule has 2 N–H and O–H groups in total. The van der Waals surface area contributed by atoms with Crippen molar-refractivity contribution in [3.8, 4) is 40.8 Å². The van der Waals surface area contributed by atoms with E-state index in [2.05, 4.69) is 115 Å². The van der Waals surface area contributed by atoms with Crippen LogP contribution in [0.1, 0.15) is 60.4 Å². The maximum Gasteiger partial charge on any atom is 0.316 e. The van der Waals surface area contributed by atoms with Gasteiger partial charge in [0.2, 0.25) is 5.95 Å². The first-order valence-electron chi connectivity index (χ1n) is 26.8. The van der Waals surface area contributed by atoms with Gasteiger partial charge in [-0.2, -0.15) is 25.8 Å². The number of amides is 1. The van der Waals surface area contributed by atoms with Crippen molar-refractivity contribution in [2.45, 2.75) is 31.4 Å². The van der Waals surface area contributed by atoms with Crippen molar-refractivity contribution >= 4 is 88.1 Å². The molecule has 1 amide bonds. The number of piperazine rings is 1. The molecule has 19 nitrogen and oxygen atoms in total. The number of nitrogens with zero attached hydrogens (tertiary/aromatic N) is 14. The number of nitrogens with one attached hydrogen (secondary N) is 2. The minimum atomic E-state index is -0.578. The highest BCUT2D eigenvalue weighted by Crippen LogP contribution is 2.34. The molecule has 1 aliphatic heterocycles. The fourth-order valence-electron chi connectivity index (χ4n) is 8.81. The molecule has 85 heavy (non-hydrogen) atoms. The molecule has 424 valence electrons. The van der Waals surface area contributed by atoms with Crippen molar-refractivity contribution in [1.29, 1.82) is 15.8 Å². The Bertz CT molecular complexity index is 4090. The molecule has 1 aliphatic rings. The number of methoxy groups -OCH3 is 1. The molecule has 0 aliphatic carbocycles. The number of para-hydroxylation sites is 3. The van der Waals surface area contributed by atoms with Crippen molar-refractivity contribution in [1.82, 2.24) is 60.0 Å². The molecule has 2 unspecified atom stereocenters. The van der Waals surface area contributed by atoms with E-state index in [0.717, 1.165) is 84.5 Å². The lowest BCUT2D eigenvalue weighted by molar-refractivity contribution is 0.0955. The zero-order valence-corrected chi connectivity index (χ0v) is 49.2. The van der Waals surface area contributed by atoms with E-state index in [1.54, 1.807) is 66.3 Å². The van der Waals surface area contributed by atoms with Gasteiger partial charge in [0.25, 0.3) is 5.91 Å². The summed E-state index contributed by atoms with van der Waals surface area (Å²) >= 11 is 10.4. The normalized spacial score (nSPS) is 13.0. The van der Waals surface area contributed by atoms with Crippen molar-refractivity contribution in [3.05, 3.63) is 201 Å². The Labute approximate surface area is 506 Å². The van der Waals surface area contributed by atoms with Crippen LogP contribution in [-0.2, 0) is 19.6 Å². The Hall–Kier alpha value is -9.44. The fraction of sp³-hybridized carbons (Fsp3) is 0.210. The van der Waals surface area contributed by atoms with Crippen molar-refractivity contribution in [2.75, 3.05) is 58.7 Å². The number of aromatic nitrogens is 9. The maximum atomic E-state index is 12.1. The molecule has 11 aromatic rings. The van der Waals surface area contributed by atoms with Crippen LogP contribution in [0.5, 0.6) is 12.0 Å². The van der Waals surface area contributed by atoms with E-state index in [9.17, 15) is 20.6 Å². The minimum Gasteiger partial charge on any atom is -0.467 e. The van der Waals surface area contributed by atoms with Gasteiger partial charge in [-0.05, 0) is 91.0 Å². The van der Waals surface area contributed by atoms with Gasteiger partial charge in [0, 0.05) is 75.0 Å². The third kappa shape index (κ3) is 15.4. The lowest BCUT2D eigenvalue weighted by Gasteiger charge is -2.32. The van der Waals surface area contributed by atoms with Crippen LogP contribution in [0.3, 0.4) is 0 Å². The second-order valence-corrected chi connectivity index (χ2v) is 22.7. The number of carbonyl (C=O) groups is 1. The average Bonchev–Trinajstić information content (AvgIpc) is 4.41. The number of rotatable bonds is 17. The number of fused-ring (bicyclic) bond motifs is 3. The summed E-state index contributed by atoms with van der Waals surface area (Å²) < 4.78 is 14.0. The van der Waals surface area contributed by atoms with Crippen LogP contribution in [-0.4, -0.2) is 114 Å². The molecular weight excluding hydrogens is 1150 g/mol. The summed E-state index contributed by atoms with van der Waals surface area (Å²) in [4.78, 5) is 56.5. The van der Waals surface area contributed by atoms with Crippen molar-refractivity contribution in [3.63, 3.8) is 0 Å². The van der Waals surface area contributed by atoms with Crippen LogP contribution in [0.2, 0.25) is 5.02 Å². The number of likely N-dealkylation sites (N-methyl/N-ethyl adjacent to an activating group) is 1. The molecule has 12 rings (SSSR count). The van der Waals surface area contributed by atoms with Gasteiger partial charge in [-0.25, -0.2) is 34.9 Å². The molecule has 6 aromatic heterocycles. The number of nitriles is 3. The summed E-state index contributed by atoms with van der Waals surface area (Å²) in [6.07, 6.45) is 5.07. The van der Waals surface area contributed by atoms with E-state index < -0.39 is 11.8 Å². The highest BCUT2D eigenvalue weighted by Gasteiger charge is 2.23. The summed E-state index contributed by atoms with van der Waals surface area (Å²) in [6, 6.07) is 49.5. The van der Waals surface area contributed by atoms with E-state index in [1.807, 2.05) is 72.8 Å². The first-order valence-corrected chi connectivity index (χ1v) is 29.6. The Morgan fingerprint density at radius 2 is 1.24 bits per heavy atom. The van der Waals surface area contributed by atoms with Crippen LogP contribution in [0, 0.1) is 34.0 Å². The van der Waals surface area contributed by atoms with Crippen LogP contribution >= 0.6 is 45.6 Å². The summed E-state index contributed by atoms with van der Waals surface area (Å²) in [5, 5.41) is 37.2. The fourth-order valence-corrected chi connectivity index (χ4v) is 12.0. The molecule has 2 atom stereocenters. The molecule has 0 bridgehead atoms. The van der Waals surface area contributed by atoms with Gasteiger partial charge in [0.15, 0.2) is 0 Å². The largest absolute Gasteiger partial charge is 0.467 e. The first kappa shape index (κ1) is 58.7. The minimum absolute atomic E-state index is 0.172. The molecule has 7 heterocycles. The second-order valence-electron chi connectivity index (χ2n) is 19.1. The molecule has 0 spiro atoms. The number of hydrogen-bond donors (Lipinski definition) is 2. The van der Waals surface area contributed by atoms with Crippen molar-refractivity contribution in [2.24, 2.45) is 0 Å². The molecule has 0 radical (unpaired) electrons. The van der Waals surface area contributed by atoms with E-state index in [1.165, 1.54) is 35.3 Å². The summed E-state index contributed by atoms with van der Waals surface area (Å²) in [7, 11) is 3.67. The van der Waals surface area contributed by atoms with Gasteiger partial charge in [0.05, 0.1) is 85.0 Å². The molecular formula is C62H53ClN16O3S3. The zero-order chi connectivity index (χ0) is 58.9. The molecule has 5 aromatic carbocycles. The highest BCUT2D eigenvalue weighted by molar-refractivity contribution is 7.21. The number of anilines is 1. The number of benzene rings is 5. The van der Waals surface area contributed by atoms with Crippen LogP contribution < -0.4 is 20.1 Å². The topological polar surface area (TPSA) is 253 Å². The van der Waals surface area contributed by atoms with Crippen molar-refractivity contribution < 1.29 is 14.3 Å². The van der Waals surface area contributed by atoms with E-state index in [-0.39, 0.29) is 24.3 Å². The predicted octanol–water partition coefficient (Wildman–Crippen LogP) is 11.1. The quantitative estimate of drug-likeness (QED) is 0.0804. The number of halogens is 1. The van der Waals surface area contributed by atoms with E-state index in [0.29, 0.717) is 58.3 Å². The Morgan fingerprint density at radius 3 is 1.84 bits per heavy atom. The van der Waals surface area contributed by atoms with Crippen LogP contribution in [0.4, 0.5) is 5.95 Å². The average molecular weight is 1200 g/mol.